The molecule has 0 saturated carbocycles. The van der Waals surface area contributed by atoms with Crippen LogP contribution in [0.1, 0.15) is 57.5 Å². The van der Waals surface area contributed by atoms with Crippen LogP contribution < -0.4 is 4.74 Å². The molecule has 0 aliphatic heterocycles. The molecule has 0 spiro atoms. The fourth-order valence-corrected chi connectivity index (χ4v) is 6.73. The van der Waals surface area contributed by atoms with E-state index in [4.69, 9.17) is 9.47 Å². The second-order valence-corrected chi connectivity index (χ2v) is 13.9. The maximum Gasteiger partial charge on any atom is 0.343 e. The number of hydrogen-bond donors (Lipinski definition) is 1. The van der Waals surface area contributed by atoms with E-state index in [1.165, 1.54) is 7.11 Å². The van der Waals surface area contributed by atoms with Gasteiger partial charge in [-0.1, -0.05) is 36.4 Å². The standard InChI is InChI=1S/C39H42N2O7S2/c1-40(26-28-10-4-6-12-34(28)38(45)47-3)36(43)15-9-25-50-33-22-18-31(19-23-33)48-39(46)35-13-7-5-11-29(35)27-41(2)37(44)14-8-24-49-32-20-16-30(42)17-21-32/h4-7,10-13,16-23,42H,8-9,14-15,24-27H2,1-3H3. The molecule has 0 aliphatic rings. The van der Waals surface area contributed by atoms with E-state index in [9.17, 15) is 24.3 Å². The van der Waals surface area contributed by atoms with E-state index < -0.39 is 11.9 Å². The summed E-state index contributed by atoms with van der Waals surface area (Å²) < 4.78 is 10.5. The topological polar surface area (TPSA) is 113 Å². The van der Waals surface area contributed by atoms with Crippen LogP contribution in [0.15, 0.2) is 107 Å². The number of rotatable bonds is 17. The van der Waals surface area contributed by atoms with Gasteiger partial charge in [0.1, 0.15) is 11.5 Å². The Kier molecular flexibility index (Phi) is 14.8. The van der Waals surface area contributed by atoms with Crippen LogP contribution in [0.4, 0.5) is 0 Å². The summed E-state index contributed by atoms with van der Waals surface area (Å²) in [6.45, 7) is 0.601. The van der Waals surface area contributed by atoms with Crippen LogP contribution in [-0.2, 0) is 27.4 Å². The molecular formula is C39H42N2O7S2. The number of phenols is 1. The Balaban J connectivity index is 1.19. The van der Waals surface area contributed by atoms with Crippen molar-refractivity contribution in [1.29, 1.82) is 0 Å². The van der Waals surface area contributed by atoms with Gasteiger partial charge in [0.2, 0.25) is 11.8 Å². The fraction of sp³-hybridized carbons (Fsp3) is 0.282. The van der Waals surface area contributed by atoms with E-state index in [1.54, 1.807) is 95.9 Å². The Morgan fingerprint density at radius 3 is 1.54 bits per heavy atom. The number of aromatic hydroxyl groups is 1. The van der Waals surface area contributed by atoms with Crippen LogP contribution in [0.2, 0.25) is 0 Å². The van der Waals surface area contributed by atoms with Gasteiger partial charge in [0.25, 0.3) is 0 Å². The lowest BCUT2D eigenvalue weighted by molar-refractivity contribution is -0.131. The Hall–Kier alpha value is -4.74. The lowest BCUT2D eigenvalue weighted by atomic mass is 10.1. The molecular weight excluding hydrogens is 673 g/mol. The molecule has 4 aromatic rings. The zero-order chi connectivity index (χ0) is 35.9. The number of thioether (sulfide) groups is 2. The van der Waals surface area contributed by atoms with Gasteiger partial charge in [-0.15, -0.1) is 23.5 Å². The molecule has 4 rings (SSSR count). The van der Waals surface area contributed by atoms with Crippen LogP contribution in [0.3, 0.4) is 0 Å². The highest BCUT2D eigenvalue weighted by atomic mass is 32.2. The molecule has 11 heteroatoms. The molecule has 0 aromatic heterocycles. The molecule has 0 atom stereocenters. The third-order valence-electron chi connectivity index (χ3n) is 7.80. The quantitative estimate of drug-likeness (QED) is 0.0516. The number of amides is 2. The number of ether oxygens (including phenoxy) is 2. The van der Waals surface area contributed by atoms with Gasteiger partial charge >= 0.3 is 11.9 Å². The average molecular weight is 715 g/mol. The minimum absolute atomic E-state index is 0.00892. The van der Waals surface area contributed by atoms with Crippen LogP contribution in [0, 0.1) is 0 Å². The summed E-state index contributed by atoms with van der Waals surface area (Å²) in [7, 11) is 4.79. The Morgan fingerprint density at radius 2 is 1.06 bits per heavy atom. The van der Waals surface area contributed by atoms with Crippen molar-refractivity contribution in [2.24, 2.45) is 0 Å². The first-order valence-electron chi connectivity index (χ1n) is 16.2. The maximum absolute atomic E-state index is 13.1. The summed E-state index contributed by atoms with van der Waals surface area (Å²) >= 11 is 3.24. The van der Waals surface area contributed by atoms with Gasteiger partial charge in [0.15, 0.2) is 0 Å². The van der Waals surface area contributed by atoms with Crippen LogP contribution >= 0.6 is 23.5 Å². The minimum atomic E-state index is -0.496. The first-order valence-corrected chi connectivity index (χ1v) is 18.2. The van der Waals surface area contributed by atoms with Crippen molar-refractivity contribution in [3.05, 3.63) is 119 Å². The normalized spacial score (nSPS) is 10.7. The zero-order valence-electron chi connectivity index (χ0n) is 28.5. The summed E-state index contributed by atoms with van der Waals surface area (Å²) in [5.74, 6) is 1.20. The summed E-state index contributed by atoms with van der Waals surface area (Å²) in [6, 6.07) is 28.5. The van der Waals surface area contributed by atoms with E-state index in [2.05, 4.69) is 0 Å². The lowest BCUT2D eigenvalue weighted by Gasteiger charge is -2.19. The van der Waals surface area contributed by atoms with Crippen molar-refractivity contribution in [3.8, 4) is 11.5 Å². The predicted molar refractivity (Wildman–Crippen MR) is 197 cm³/mol. The fourth-order valence-electron chi connectivity index (χ4n) is 5.03. The monoisotopic (exact) mass is 714 g/mol. The van der Waals surface area contributed by atoms with Crippen molar-refractivity contribution >= 4 is 47.3 Å². The van der Waals surface area contributed by atoms with E-state index in [1.807, 2.05) is 48.5 Å². The van der Waals surface area contributed by atoms with Gasteiger partial charge in [0, 0.05) is 49.8 Å². The third kappa shape index (κ3) is 11.7. The van der Waals surface area contributed by atoms with Crippen molar-refractivity contribution in [2.45, 2.75) is 48.6 Å². The highest BCUT2D eigenvalue weighted by molar-refractivity contribution is 7.99. The molecule has 0 heterocycles. The Bertz CT molecular complexity index is 1750. The smallest absolute Gasteiger partial charge is 0.343 e. The summed E-state index contributed by atoms with van der Waals surface area (Å²) in [5.41, 5.74) is 2.29. The molecule has 2 amide bonds. The maximum atomic E-state index is 13.1. The zero-order valence-corrected chi connectivity index (χ0v) is 30.1. The number of esters is 2. The molecule has 262 valence electrons. The number of hydrogen-bond acceptors (Lipinski definition) is 9. The molecule has 4 aromatic carbocycles. The first kappa shape index (κ1) is 38.1. The highest BCUT2D eigenvalue weighted by Gasteiger charge is 2.18. The van der Waals surface area contributed by atoms with Gasteiger partial charge < -0.3 is 24.4 Å². The Labute approximate surface area is 302 Å². The lowest BCUT2D eigenvalue weighted by Crippen LogP contribution is -2.27. The van der Waals surface area contributed by atoms with Crippen LogP contribution in [0.5, 0.6) is 11.5 Å². The summed E-state index contributed by atoms with van der Waals surface area (Å²) in [6.07, 6.45) is 2.15. The second kappa shape index (κ2) is 19.4. The number of carbonyl (C=O) groups excluding carboxylic acids is 4. The minimum Gasteiger partial charge on any atom is -0.508 e. The third-order valence-corrected chi connectivity index (χ3v) is 10.0. The van der Waals surface area contributed by atoms with Crippen molar-refractivity contribution in [2.75, 3.05) is 32.7 Å². The van der Waals surface area contributed by atoms with Gasteiger partial charge in [-0.3, -0.25) is 9.59 Å². The molecule has 1 N–H and O–H groups in total. The molecule has 0 radical (unpaired) electrons. The van der Waals surface area contributed by atoms with Crippen molar-refractivity contribution in [3.63, 3.8) is 0 Å². The van der Waals surface area contributed by atoms with Crippen LogP contribution in [-0.4, -0.2) is 71.4 Å². The molecule has 9 nitrogen and oxygen atoms in total. The number of methoxy groups -OCH3 is 1. The van der Waals surface area contributed by atoms with E-state index in [0.29, 0.717) is 54.7 Å². The second-order valence-electron chi connectivity index (χ2n) is 11.6. The van der Waals surface area contributed by atoms with E-state index in [-0.39, 0.29) is 24.1 Å². The van der Waals surface area contributed by atoms with E-state index >= 15 is 0 Å². The largest absolute Gasteiger partial charge is 0.508 e. The molecule has 0 fully saturated rings. The summed E-state index contributed by atoms with van der Waals surface area (Å²) in [4.78, 5) is 56.0. The van der Waals surface area contributed by atoms with Gasteiger partial charge in [0.05, 0.1) is 18.2 Å². The van der Waals surface area contributed by atoms with Gasteiger partial charge in [-0.05, 0) is 96.1 Å². The number of nitrogens with zero attached hydrogens (tertiary/aromatic N) is 2. The van der Waals surface area contributed by atoms with Crippen molar-refractivity contribution in [1.82, 2.24) is 9.80 Å². The van der Waals surface area contributed by atoms with Gasteiger partial charge in [-0.2, -0.15) is 0 Å². The molecule has 0 bridgehead atoms. The molecule has 0 aliphatic carbocycles. The molecule has 50 heavy (non-hydrogen) atoms. The van der Waals surface area contributed by atoms with E-state index in [0.717, 1.165) is 26.9 Å². The highest BCUT2D eigenvalue weighted by Crippen LogP contribution is 2.25. The van der Waals surface area contributed by atoms with Gasteiger partial charge in [-0.25, -0.2) is 9.59 Å². The average Bonchev–Trinajstić information content (AvgIpc) is 3.13. The Morgan fingerprint density at radius 1 is 0.620 bits per heavy atom. The molecule has 0 saturated heterocycles. The molecule has 0 unspecified atom stereocenters. The van der Waals surface area contributed by atoms with Crippen LogP contribution in [0.25, 0.3) is 0 Å². The summed E-state index contributed by atoms with van der Waals surface area (Å²) in [5, 5.41) is 9.42. The van der Waals surface area contributed by atoms with Crippen molar-refractivity contribution < 1.29 is 33.8 Å². The predicted octanol–water partition coefficient (Wildman–Crippen LogP) is 7.46. The number of benzene rings is 4. The number of carbonyl (C=O) groups is 4. The first-order chi connectivity index (χ1) is 24.1. The SMILES string of the molecule is COC(=O)c1ccccc1CN(C)C(=O)CCCSc1ccc(OC(=O)c2ccccc2CN(C)C(=O)CCCSc2ccc(O)cc2)cc1. The number of phenolic OH excluding ortho intramolecular Hbond substituents is 1.